The number of hydrogen-bond donors (Lipinski definition) is 0. The molecule has 0 unspecified atom stereocenters. The van der Waals surface area contributed by atoms with Crippen molar-refractivity contribution in [2.24, 2.45) is 5.92 Å². The average Bonchev–Trinajstić information content (AvgIpc) is 2.34. The highest BCUT2D eigenvalue weighted by Crippen LogP contribution is 2.29. The summed E-state index contributed by atoms with van der Waals surface area (Å²) in [5, 5.41) is 0.915. The molecule has 0 aromatic heterocycles. The first-order valence-corrected chi connectivity index (χ1v) is 8.79. The van der Waals surface area contributed by atoms with Crippen molar-refractivity contribution in [3.63, 3.8) is 0 Å². The SMILES string of the molecule is O=C(CCC1CCCCC1)N(CCBr)C1CCC1. The molecule has 0 saturated heterocycles. The third-order valence-corrected chi connectivity index (χ3v) is 5.01. The van der Waals surface area contributed by atoms with Gasteiger partial charge in [0, 0.05) is 24.3 Å². The standard InChI is InChI=1S/C15H26BrNO/c16-11-12-17(14-7-4-8-14)15(18)10-9-13-5-2-1-3-6-13/h13-14H,1-12H2. The van der Waals surface area contributed by atoms with Gasteiger partial charge in [-0.3, -0.25) is 4.79 Å². The molecule has 0 radical (unpaired) electrons. The van der Waals surface area contributed by atoms with Gasteiger partial charge >= 0.3 is 0 Å². The predicted octanol–water partition coefficient (Wildman–Crippen LogP) is 4.12. The van der Waals surface area contributed by atoms with Gasteiger partial charge in [-0.15, -0.1) is 0 Å². The van der Waals surface area contributed by atoms with Crippen molar-refractivity contribution in [3.05, 3.63) is 0 Å². The van der Waals surface area contributed by atoms with E-state index in [1.807, 2.05) is 0 Å². The van der Waals surface area contributed by atoms with Crippen LogP contribution in [0.5, 0.6) is 0 Å². The lowest BCUT2D eigenvalue weighted by Gasteiger charge is -2.37. The van der Waals surface area contributed by atoms with Crippen molar-refractivity contribution >= 4 is 21.8 Å². The summed E-state index contributed by atoms with van der Waals surface area (Å²) in [6.45, 7) is 0.897. The van der Waals surface area contributed by atoms with Gasteiger partial charge in [-0.05, 0) is 31.6 Å². The summed E-state index contributed by atoms with van der Waals surface area (Å²) >= 11 is 3.47. The van der Waals surface area contributed by atoms with Crippen molar-refractivity contribution in [2.45, 2.75) is 70.3 Å². The maximum atomic E-state index is 12.3. The second kappa shape index (κ2) is 7.52. The minimum absolute atomic E-state index is 0.407. The summed E-state index contributed by atoms with van der Waals surface area (Å²) in [4.78, 5) is 14.5. The normalized spacial score (nSPS) is 21.6. The first-order chi connectivity index (χ1) is 8.81. The van der Waals surface area contributed by atoms with Crippen LogP contribution in [0.3, 0.4) is 0 Å². The molecule has 0 aromatic carbocycles. The van der Waals surface area contributed by atoms with E-state index in [9.17, 15) is 4.79 Å². The maximum Gasteiger partial charge on any atom is 0.222 e. The smallest absolute Gasteiger partial charge is 0.222 e. The Morgan fingerprint density at radius 1 is 1.06 bits per heavy atom. The number of nitrogens with zero attached hydrogens (tertiary/aromatic N) is 1. The number of amides is 1. The minimum Gasteiger partial charge on any atom is -0.339 e. The fourth-order valence-corrected chi connectivity index (χ4v) is 3.63. The van der Waals surface area contributed by atoms with Crippen LogP contribution in [0.15, 0.2) is 0 Å². The van der Waals surface area contributed by atoms with Crippen LogP contribution in [0.4, 0.5) is 0 Å². The molecule has 1 amide bonds. The Morgan fingerprint density at radius 2 is 1.78 bits per heavy atom. The average molecular weight is 316 g/mol. The summed E-state index contributed by atoms with van der Waals surface area (Å²) in [5.41, 5.74) is 0. The van der Waals surface area contributed by atoms with Crippen LogP contribution in [0, 0.1) is 5.92 Å². The van der Waals surface area contributed by atoms with Crippen LogP contribution < -0.4 is 0 Å². The zero-order valence-corrected chi connectivity index (χ0v) is 13.0. The monoisotopic (exact) mass is 315 g/mol. The van der Waals surface area contributed by atoms with E-state index >= 15 is 0 Å². The first-order valence-electron chi connectivity index (χ1n) is 7.66. The third kappa shape index (κ3) is 3.97. The lowest BCUT2D eigenvalue weighted by atomic mass is 9.85. The molecule has 2 aliphatic carbocycles. The molecule has 104 valence electrons. The Hall–Kier alpha value is -0.0500. The van der Waals surface area contributed by atoms with Gasteiger partial charge < -0.3 is 4.90 Å². The lowest BCUT2D eigenvalue weighted by molar-refractivity contribution is -0.135. The van der Waals surface area contributed by atoms with E-state index in [0.29, 0.717) is 11.9 Å². The van der Waals surface area contributed by atoms with Gasteiger partial charge in [-0.2, -0.15) is 0 Å². The topological polar surface area (TPSA) is 20.3 Å². The Balaban J connectivity index is 1.73. The molecular formula is C15H26BrNO. The molecule has 0 heterocycles. The van der Waals surface area contributed by atoms with Crippen LogP contribution in [0.2, 0.25) is 0 Å². The van der Waals surface area contributed by atoms with Crippen LogP contribution >= 0.6 is 15.9 Å². The highest BCUT2D eigenvalue weighted by atomic mass is 79.9. The van der Waals surface area contributed by atoms with Crippen LogP contribution in [-0.4, -0.2) is 28.7 Å². The Morgan fingerprint density at radius 3 is 2.33 bits per heavy atom. The zero-order valence-electron chi connectivity index (χ0n) is 11.4. The fraction of sp³-hybridized carbons (Fsp3) is 0.933. The van der Waals surface area contributed by atoms with Crippen molar-refractivity contribution < 1.29 is 4.79 Å². The van der Waals surface area contributed by atoms with Crippen molar-refractivity contribution in [1.82, 2.24) is 4.90 Å². The molecular weight excluding hydrogens is 290 g/mol. The van der Waals surface area contributed by atoms with Gasteiger partial charge in [-0.25, -0.2) is 0 Å². The maximum absolute atomic E-state index is 12.3. The predicted molar refractivity (Wildman–Crippen MR) is 79.0 cm³/mol. The molecule has 2 nitrogen and oxygen atoms in total. The molecule has 2 saturated carbocycles. The van der Waals surface area contributed by atoms with Gasteiger partial charge in [0.05, 0.1) is 0 Å². The van der Waals surface area contributed by atoms with Gasteiger partial charge in [0.1, 0.15) is 0 Å². The summed E-state index contributed by atoms with van der Waals surface area (Å²) in [6, 6.07) is 0.557. The van der Waals surface area contributed by atoms with Crippen molar-refractivity contribution in [2.75, 3.05) is 11.9 Å². The molecule has 2 rings (SSSR count). The fourth-order valence-electron chi connectivity index (χ4n) is 3.25. The molecule has 0 atom stereocenters. The molecule has 0 aromatic rings. The molecule has 0 aliphatic heterocycles. The molecule has 2 aliphatic rings. The second-order valence-electron chi connectivity index (χ2n) is 5.90. The van der Waals surface area contributed by atoms with Crippen molar-refractivity contribution in [1.29, 1.82) is 0 Å². The number of hydrogen-bond acceptors (Lipinski definition) is 1. The van der Waals surface area contributed by atoms with E-state index in [1.54, 1.807) is 0 Å². The molecule has 3 heteroatoms. The summed E-state index contributed by atoms with van der Waals surface area (Å²) in [5.74, 6) is 1.24. The van der Waals surface area contributed by atoms with Gasteiger partial charge in [0.15, 0.2) is 0 Å². The Kier molecular flexibility index (Phi) is 6.00. The van der Waals surface area contributed by atoms with E-state index in [0.717, 1.165) is 30.6 Å². The molecule has 0 spiro atoms. The first kappa shape index (κ1) is 14.4. The Labute approximate surface area is 120 Å². The zero-order chi connectivity index (χ0) is 12.8. The van der Waals surface area contributed by atoms with E-state index < -0.39 is 0 Å². The van der Waals surface area contributed by atoms with E-state index in [4.69, 9.17) is 0 Å². The van der Waals surface area contributed by atoms with Crippen molar-refractivity contribution in [3.8, 4) is 0 Å². The molecule has 2 fully saturated rings. The summed E-state index contributed by atoms with van der Waals surface area (Å²) in [6.07, 6.45) is 12.5. The summed E-state index contributed by atoms with van der Waals surface area (Å²) < 4.78 is 0. The molecule has 0 N–H and O–H groups in total. The van der Waals surface area contributed by atoms with E-state index in [1.165, 1.54) is 51.4 Å². The number of halogens is 1. The summed E-state index contributed by atoms with van der Waals surface area (Å²) in [7, 11) is 0. The van der Waals surface area contributed by atoms with Crippen LogP contribution in [0.1, 0.15) is 64.2 Å². The van der Waals surface area contributed by atoms with Crippen LogP contribution in [0.25, 0.3) is 0 Å². The molecule has 18 heavy (non-hydrogen) atoms. The highest BCUT2D eigenvalue weighted by Gasteiger charge is 2.28. The highest BCUT2D eigenvalue weighted by molar-refractivity contribution is 9.09. The van der Waals surface area contributed by atoms with E-state index in [2.05, 4.69) is 20.8 Å². The van der Waals surface area contributed by atoms with Gasteiger partial charge in [0.2, 0.25) is 5.91 Å². The second-order valence-corrected chi connectivity index (χ2v) is 6.70. The minimum atomic E-state index is 0.407. The number of carbonyl (C=O) groups is 1. The quantitative estimate of drug-likeness (QED) is 0.675. The lowest BCUT2D eigenvalue weighted by Crippen LogP contribution is -2.45. The van der Waals surface area contributed by atoms with Gasteiger partial charge in [-0.1, -0.05) is 48.0 Å². The Bertz CT molecular complexity index is 259. The van der Waals surface area contributed by atoms with Crippen LogP contribution in [-0.2, 0) is 4.79 Å². The largest absolute Gasteiger partial charge is 0.339 e. The number of rotatable bonds is 6. The van der Waals surface area contributed by atoms with E-state index in [-0.39, 0.29) is 0 Å². The number of carbonyl (C=O) groups excluding carboxylic acids is 1. The molecule has 0 bridgehead atoms. The third-order valence-electron chi connectivity index (χ3n) is 4.65. The van der Waals surface area contributed by atoms with Gasteiger partial charge in [0.25, 0.3) is 0 Å². The number of alkyl halides is 1.